The third kappa shape index (κ3) is 0.976. The van der Waals surface area contributed by atoms with Crippen molar-refractivity contribution >= 4 is 5.84 Å². The summed E-state index contributed by atoms with van der Waals surface area (Å²) in [5.41, 5.74) is 0.785. The molecule has 1 N–H and O–H groups in total. The predicted molar refractivity (Wildman–Crippen MR) is 55.0 cm³/mol. The first-order valence-electron chi connectivity index (χ1n) is 5.23. The highest BCUT2D eigenvalue weighted by atomic mass is 15.3. The molecule has 0 spiro atoms. The molecule has 13 heavy (non-hydrogen) atoms. The highest BCUT2D eigenvalue weighted by Gasteiger charge is 2.67. The van der Waals surface area contributed by atoms with Crippen molar-refractivity contribution in [3.05, 3.63) is 0 Å². The number of rotatable bonds is 1. The van der Waals surface area contributed by atoms with Gasteiger partial charge in [-0.25, -0.2) is 0 Å². The lowest BCUT2D eigenvalue weighted by Crippen LogP contribution is -2.30. The van der Waals surface area contributed by atoms with E-state index in [1.54, 1.807) is 0 Å². The van der Waals surface area contributed by atoms with Gasteiger partial charge in [-0.05, 0) is 17.3 Å². The molecule has 74 valence electrons. The summed E-state index contributed by atoms with van der Waals surface area (Å²) < 4.78 is 0. The van der Waals surface area contributed by atoms with Crippen LogP contribution < -0.4 is 0 Å². The van der Waals surface area contributed by atoms with Crippen LogP contribution in [0.5, 0.6) is 0 Å². The van der Waals surface area contributed by atoms with Crippen LogP contribution in [-0.2, 0) is 0 Å². The summed E-state index contributed by atoms with van der Waals surface area (Å²) in [6.45, 7) is 10.4. The van der Waals surface area contributed by atoms with Crippen molar-refractivity contribution in [2.45, 2.75) is 46.6 Å². The molecule has 1 aliphatic carbocycles. The van der Waals surface area contributed by atoms with E-state index in [1.165, 1.54) is 6.42 Å². The minimum absolute atomic E-state index is 0.392. The van der Waals surface area contributed by atoms with Gasteiger partial charge in [0.15, 0.2) is 0 Å². The van der Waals surface area contributed by atoms with E-state index in [2.05, 4.69) is 32.6 Å². The van der Waals surface area contributed by atoms with E-state index in [4.69, 9.17) is 5.41 Å². The Morgan fingerprint density at radius 2 is 1.77 bits per heavy atom. The number of likely N-dealkylation sites (tertiary alicyclic amines) is 1. The Labute approximate surface area is 80.8 Å². The third-order valence-corrected chi connectivity index (χ3v) is 4.42. The van der Waals surface area contributed by atoms with Crippen molar-refractivity contribution in [3.8, 4) is 0 Å². The summed E-state index contributed by atoms with van der Waals surface area (Å²) in [7, 11) is 0. The minimum atomic E-state index is 0.392. The second-order valence-electron chi connectivity index (χ2n) is 5.59. The zero-order valence-corrected chi connectivity index (χ0v) is 9.15. The van der Waals surface area contributed by atoms with Gasteiger partial charge in [-0.2, -0.15) is 0 Å². The monoisotopic (exact) mass is 180 g/mol. The molecule has 2 fully saturated rings. The van der Waals surface area contributed by atoms with E-state index >= 15 is 0 Å². The lowest BCUT2D eigenvalue weighted by molar-refractivity contribution is 0.375. The Morgan fingerprint density at radius 1 is 1.23 bits per heavy atom. The maximum absolute atomic E-state index is 7.86. The Balaban J connectivity index is 2.17. The van der Waals surface area contributed by atoms with Crippen LogP contribution >= 0.6 is 0 Å². The normalized spacial score (nSPS) is 31.1. The van der Waals surface area contributed by atoms with Gasteiger partial charge in [0.2, 0.25) is 0 Å². The lowest BCUT2D eigenvalue weighted by atomic mass is 10.0. The van der Waals surface area contributed by atoms with Crippen molar-refractivity contribution in [2.24, 2.45) is 10.8 Å². The highest BCUT2D eigenvalue weighted by molar-refractivity contribution is 5.82. The number of nitrogens with zero attached hydrogens (tertiary/aromatic N) is 1. The van der Waals surface area contributed by atoms with Gasteiger partial charge in [0, 0.05) is 19.0 Å². The summed E-state index contributed by atoms with van der Waals surface area (Å²) in [5.74, 6) is 0.864. The van der Waals surface area contributed by atoms with Gasteiger partial charge in [-0.15, -0.1) is 0 Å². The van der Waals surface area contributed by atoms with E-state index in [9.17, 15) is 0 Å². The second kappa shape index (κ2) is 2.28. The summed E-state index contributed by atoms with van der Waals surface area (Å²) in [4.78, 5) is 2.32. The largest absolute Gasteiger partial charge is 0.356 e. The molecule has 0 aromatic rings. The standard InChI is InChI=1S/C11H20N2/c1-10(2)9(11(10,3)4)13-7-5-6-8(13)12/h9,12H,5-7H2,1-4H3. The predicted octanol–water partition coefficient (Wildman–Crippen LogP) is 2.49. The molecule has 1 heterocycles. The zero-order valence-electron chi connectivity index (χ0n) is 9.15. The molecule has 0 aromatic heterocycles. The van der Waals surface area contributed by atoms with Crippen LogP contribution in [0.15, 0.2) is 0 Å². The van der Waals surface area contributed by atoms with Crippen LogP contribution in [-0.4, -0.2) is 23.3 Å². The first kappa shape index (κ1) is 9.04. The molecule has 0 unspecified atom stereocenters. The van der Waals surface area contributed by atoms with Gasteiger partial charge < -0.3 is 4.90 Å². The first-order valence-corrected chi connectivity index (χ1v) is 5.23. The Hall–Kier alpha value is -0.530. The number of nitrogens with one attached hydrogen (secondary N) is 1. The molecular weight excluding hydrogens is 160 g/mol. The summed E-state index contributed by atoms with van der Waals surface area (Å²) in [5, 5.41) is 7.86. The van der Waals surface area contributed by atoms with Crippen LogP contribution in [0.1, 0.15) is 40.5 Å². The molecule has 2 nitrogen and oxygen atoms in total. The molecule has 1 aliphatic heterocycles. The van der Waals surface area contributed by atoms with Crippen molar-refractivity contribution in [3.63, 3.8) is 0 Å². The van der Waals surface area contributed by atoms with Crippen LogP contribution in [0.4, 0.5) is 0 Å². The van der Waals surface area contributed by atoms with Crippen molar-refractivity contribution < 1.29 is 0 Å². The van der Waals surface area contributed by atoms with Gasteiger partial charge in [-0.3, -0.25) is 5.41 Å². The molecule has 0 bridgehead atoms. The van der Waals surface area contributed by atoms with Crippen molar-refractivity contribution in [1.82, 2.24) is 4.90 Å². The molecule has 0 atom stereocenters. The molecule has 0 radical (unpaired) electrons. The smallest absolute Gasteiger partial charge is 0.0961 e. The molecule has 1 saturated heterocycles. The molecule has 1 saturated carbocycles. The topological polar surface area (TPSA) is 27.1 Å². The number of hydrogen-bond acceptors (Lipinski definition) is 1. The first-order chi connectivity index (χ1) is 5.89. The third-order valence-electron chi connectivity index (χ3n) is 4.42. The molecular formula is C11H20N2. The van der Waals surface area contributed by atoms with Crippen LogP contribution in [0.2, 0.25) is 0 Å². The Kier molecular flexibility index (Phi) is 1.59. The quantitative estimate of drug-likeness (QED) is 0.659. The van der Waals surface area contributed by atoms with E-state index in [0.29, 0.717) is 16.9 Å². The summed E-state index contributed by atoms with van der Waals surface area (Å²) >= 11 is 0. The Morgan fingerprint density at radius 3 is 2.08 bits per heavy atom. The fourth-order valence-corrected chi connectivity index (χ4v) is 2.92. The fraction of sp³-hybridized carbons (Fsp3) is 0.909. The van der Waals surface area contributed by atoms with Gasteiger partial charge in [0.1, 0.15) is 0 Å². The lowest BCUT2D eigenvalue weighted by Gasteiger charge is -2.20. The second-order valence-corrected chi connectivity index (χ2v) is 5.59. The van der Waals surface area contributed by atoms with Crippen molar-refractivity contribution in [2.75, 3.05) is 6.54 Å². The van der Waals surface area contributed by atoms with Gasteiger partial charge >= 0.3 is 0 Å². The van der Waals surface area contributed by atoms with Crippen LogP contribution in [0, 0.1) is 16.2 Å². The average Bonchev–Trinajstić information content (AvgIpc) is 2.33. The minimum Gasteiger partial charge on any atom is -0.356 e. The Bertz CT molecular complexity index is 239. The SMILES string of the molecule is CC1(C)C(N2CCCC2=N)C1(C)C. The maximum Gasteiger partial charge on any atom is 0.0961 e. The molecule has 2 heteroatoms. The van der Waals surface area contributed by atoms with E-state index in [1.807, 2.05) is 0 Å². The van der Waals surface area contributed by atoms with Gasteiger partial charge in [-0.1, -0.05) is 27.7 Å². The number of amidine groups is 1. The maximum atomic E-state index is 7.86. The molecule has 0 aromatic carbocycles. The zero-order chi connectivity index (χ0) is 9.85. The van der Waals surface area contributed by atoms with Crippen LogP contribution in [0.25, 0.3) is 0 Å². The average molecular weight is 180 g/mol. The summed E-state index contributed by atoms with van der Waals surface area (Å²) in [6, 6.07) is 0.606. The van der Waals surface area contributed by atoms with E-state index in [0.717, 1.165) is 18.8 Å². The van der Waals surface area contributed by atoms with Gasteiger partial charge in [0.25, 0.3) is 0 Å². The van der Waals surface area contributed by atoms with Gasteiger partial charge in [0.05, 0.1) is 5.84 Å². The fourth-order valence-electron chi connectivity index (χ4n) is 2.92. The highest BCUT2D eigenvalue weighted by Crippen LogP contribution is 2.65. The molecule has 0 amide bonds. The summed E-state index contributed by atoms with van der Waals surface area (Å²) in [6.07, 6.45) is 2.17. The molecule has 2 rings (SSSR count). The van der Waals surface area contributed by atoms with Crippen LogP contribution in [0.3, 0.4) is 0 Å². The van der Waals surface area contributed by atoms with E-state index in [-0.39, 0.29) is 0 Å². The van der Waals surface area contributed by atoms with E-state index < -0.39 is 0 Å². The number of hydrogen-bond donors (Lipinski definition) is 1. The molecule has 2 aliphatic rings. The van der Waals surface area contributed by atoms with Crippen molar-refractivity contribution in [1.29, 1.82) is 5.41 Å².